The molecule has 1 aliphatic heterocycles. The molecule has 5 rings (SSSR count). The molecule has 0 N–H and O–H groups in total. The highest BCUT2D eigenvalue weighted by molar-refractivity contribution is 5.63. The molecule has 4 aromatic rings. The summed E-state index contributed by atoms with van der Waals surface area (Å²) in [6, 6.07) is 5.67. The summed E-state index contributed by atoms with van der Waals surface area (Å²) in [6.07, 6.45) is 11.0. The van der Waals surface area contributed by atoms with Crippen molar-refractivity contribution >= 4 is 5.65 Å². The molecule has 8 nitrogen and oxygen atoms in total. The van der Waals surface area contributed by atoms with E-state index in [1.165, 1.54) is 0 Å². The van der Waals surface area contributed by atoms with E-state index in [0.29, 0.717) is 19.1 Å². The monoisotopic (exact) mass is 334 g/mol. The van der Waals surface area contributed by atoms with Crippen molar-refractivity contribution in [2.24, 2.45) is 0 Å². The molecule has 124 valence electrons. The van der Waals surface area contributed by atoms with Gasteiger partial charge in [0.2, 0.25) is 5.88 Å². The Morgan fingerprint density at radius 3 is 2.80 bits per heavy atom. The second-order valence-corrected chi connectivity index (χ2v) is 5.75. The van der Waals surface area contributed by atoms with Gasteiger partial charge in [-0.3, -0.25) is 0 Å². The van der Waals surface area contributed by atoms with Gasteiger partial charge in [-0.05, 0) is 12.1 Å². The Balaban J connectivity index is 1.42. The van der Waals surface area contributed by atoms with Crippen LogP contribution in [0.15, 0.2) is 55.4 Å². The molecule has 0 aliphatic carbocycles. The van der Waals surface area contributed by atoms with E-state index in [4.69, 9.17) is 9.47 Å². The second-order valence-electron chi connectivity index (χ2n) is 5.75. The van der Waals surface area contributed by atoms with Gasteiger partial charge in [-0.15, -0.1) is 0 Å². The third-order valence-corrected chi connectivity index (χ3v) is 4.05. The molecule has 0 unspecified atom stereocenters. The first-order valence-corrected chi connectivity index (χ1v) is 7.91. The minimum absolute atomic E-state index is 0.115. The number of pyridine rings is 1. The van der Waals surface area contributed by atoms with Crippen LogP contribution < -0.4 is 4.74 Å². The van der Waals surface area contributed by atoms with Gasteiger partial charge in [-0.1, -0.05) is 0 Å². The van der Waals surface area contributed by atoms with Gasteiger partial charge in [0.25, 0.3) is 0 Å². The van der Waals surface area contributed by atoms with E-state index in [9.17, 15) is 0 Å². The molecule has 0 radical (unpaired) electrons. The normalized spacial score (nSPS) is 14.6. The molecule has 5 heterocycles. The van der Waals surface area contributed by atoms with Crippen LogP contribution in [0.3, 0.4) is 0 Å². The summed E-state index contributed by atoms with van der Waals surface area (Å²) in [6.45, 7) is 1.26. The highest BCUT2D eigenvalue weighted by Crippen LogP contribution is 2.23. The minimum atomic E-state index is 0.115. The lowest BCUT2D eigenvalue weighted by atomic mass is 10.2. The molecule has 0 bridgehead atoms. The average molecular weight is 334 g/mol. The van der Waals surface area contributed by atoms with Crippen LogP contribution in [0.1, 0.15) is 0 Å². The molecule has 1 fully saturated rings. The summed E-state index contributed by atoms with van der Waals surface area (Å²) in [5.74, 6) is 0.608. The van der Waals surface area contributed by atoms with Gasteiger partial charge >= 0.3 is 0 Å². The molecule has 25 heavy (non-hydrogen) atoms. The largest absolute Gasteiger partial charge is 0.469 e. The third-order valence-electron chi connectivity index (χ3n) is 4.05. The predicted octanol–water partition coefficient (Wildman–Crippen LogP) is 1.75. The summed E-state index contributed by atoms with van der Waals surface area (Å²) in [5, 5.41) is 8.71. The van der Waals surface area contributed by atoms with E-state index in [1.54, 1.807) is 34.0 Å². The van der Waals surface area contributed by atoms with E-state index in [0.717, 1.165) is 22.5 Å². The van der Waals surface area contributed by atoms with Crippen molar-refractivity contribution in [2.45, 2.75) is 6.10 Å². The van der Waals surface area contributed by atoms with E-state index in [1.807, 2.05) is 30.6 Å². The Labute approximate surface area is 142 Å². The predicted molar refractivity (Wildman–Crippen MR) is 88.6 cm³/mol. The fraction of sp³-hybridized carbons (Fsp3) is 0.176. The molecule has 1 aliphatic rings. The number of hydrogen-bond acceptors (Lipinski definition) is 6. The smallest absolute Gasteiger partial charge is 0.213 e. The van der Waals surface area contributed by atoms with Crippen molar-refractivity contribution in [2.75, 3.05) is 13.2 Å². The summed E-state index contributed by atoms with van der Waals surface area (Å²) < 4.78 is 14.3. The zero-order chi connectivity index (χ0) is 16.6. The van der Waals surface area contributed by atoms with Gasteiger partial charge in [0.1, 0.15) is 11.8 Å². The van der Waals surface area contributed by atoms with Gasteiger partial charge in [0, 0.05) is 42.0 Å². The lowest BCUT2D eigenvalue weighted by Crippen LogP contribution is -2.38. The van der Waals surface area contributed by atoms with Crippen LogP contribution in [0.4, 0.5) is 0 Å². The number of ether oxygens (including phenoxy) is 2. The molecular formula is C17H14N6O2. The van der Waals surface area contributed by atoms with Crippen LogP contribution in [0, 0.1) is 0 Å². The topological polar surface area (TPSA) is 79.4 Å². The second kappa shape index (κ2) is 5.67. The van der Waals surface area contributed by atoms with E-state index in [2.05, 4.69) is 20.2 Å². The maximum absolute atomic E-state index is 5.68. The third kappa shape index (κ3) is 2.52. The molecule has 1 saturated heterocycles. The van der Waals surface area contributed by atoms with Crippen LogP contribution in [-0.4, -0.2) is 48.7 Å². The molecule has 0 atom stereocenters. The SMILES string of the molecule is c1cnc2c(-n3cc(-c4ccc(OC5COC5)nc4)cn3)cnn2c1. The van der Waals surface area contributed by atoms with Crippen LogP contribution >= 0.6 is 0 Å². The number of aromatic nitrogens is 6. The average Bonchev–Trinajstić information content (AvgIpc) is 3.25. The molecule has 0 aromatic carbocycles. The molecule has 8 heteroatoms. The van der Waals surface area contributed by atoms with Gasteiger partial charge < -0.3 is 9.47 Å². The molecule has 0 spiro atoms. The van der Waals surface area contributed by atoms with Crippen LogP contribution in [0.5, 0.6) is 5.88 Å². The van der Waals surface area contributed by atoms with Crippen molar-refractivity contribution in [3.63, 3.8) is 0 Å². The van der Waals surface area contributed by atoms with Crippen LogP contribution in [0.25, 0.3) is 22.5 Å². The molecular weight excluding hydrogens is 320 g/mol. The first kappa shape index (κ1) is 14.1. The number of nitrogens with zero attached hydrogens (tertiary/aromatic N) is 6. The Hall–Kier alpha value is -3.26. The Morgan fingerprint density at radius 2 is 2.00 bits per heavy atom. The van der Waals surface area contributed by atoms with Gasteiger partial charge in [-0.25, -0.2) is 19.2 Å². The van der Waals surface area contributed by atoms with Gasteiger partial charge in [0.15, 0.2) is 5.65 Å². The summed E-state index contributed by atoms with van der Waals surface area (Å²) in [7, 11) is 0. The number of fused-ring (bicyclic) bond motifs is 1. The quantitative estimate of drug-likeness (QED) is 0.566. The van der Waals surface area contributed by atoms with Crippen molar-refractivity contribution in [3.8, 4) is 22.7 Å². The highest BCUT2D eigenvalue weighted by Gasteiger charge is 2.20. The lowest BCUT2D eigenvalue weighted by molar-refractivity contribution is -0.0813. The van der Waals surface area contributed by atoms with E-state index in [-0.39, 0.29) is 6.10 Å². The fourth-order valence-corrected chi connectivity index (χ4v) is 2.65. The first-order chi connectivity index (χ1) is 12.4. The summed E-state index contributed by atoms with van der Waals surface area (Å²) in [5.41, 5.74) is 3.50. The van der Waals surface area contributed by atoms with Crippen molar-refractivity contribution in [3.05, 3.63) is 55.4 Å². The highest BCUT2D eigenvalue weighted by atomic mass is 16.6. The first-order valence-electron chi connectivity index (χ1n) is 7.91. The zero-order valence-electron chi connectivity index (χ0n) is 13.2. The van der Waals surface area contributed by atoms with E-state index < -0.39 is 0 Å². The van der Waals surface area contributed by atoms with Crippen molar-refractivity contribution in [1.82, 2.24) is 29.4 Å². The summed E-state index contributed by atoms with van der Waals surface area (Å²) in [4.78, 5) is 8.71. The Bertz CT molecular complexity index is 1020. The molecule has 0 amide bonds. The Morgan fingerprint density at radius 1 is 1.04 bits per heavy atom. The lowest BCUT2D eigenvalue weighted by Gasteiger charge is -2.25. The van der Waals surface area contributed by atoms with Crippen molar-refractivity contribution < 1.29 is 9.47 Å². The van der Waals surface area contributed by atoms with Crippen LogP contribution in [0.2, 0.25) is 0 Å². The zero-order valence-corrected chi connectivity index (χ0v) is 13.2. The summed E-state index contributed by atoms with van der Waals surface area (Å²) >= 11 is 0. The minimum Gasteiger partial charge on any atom is -0.469 e. The van der Waals surface area contributed by atoms with Gasteiger partial charge in [-0.2, -0.15) is 10.2 Å². The number of hydrogen-bond donors (Lipinski definition) is 0. The standard InChI is InChI=1S/C17H14N6O2/c1-4-18-17-15(8-21-22(17)5-1)23-9-13(7-20-23)12-2-3-16(19-6-12)25-14-10-24-11-14/h1-9,14H,10-11H2. The maximum Gasteiger partial charge on any atom is 0.213 e. The molecule has 0 saturated carbocycles. The maximum atomic E-state index is 5.68. The van der Waals surface area contributed by atoms with Crippen molar-refractivity contribution in [1.29, 1.82) is 0 Å². The van der Waals surface area contributed by atoms with Gasteiger partial charge in [0.05, 0.1) is 25.6 Å². The Kier molecular flexibility index (Phi) is 3.20. The number of rotatable bonds is 4. The van der Waals surface area contributed by atoms with Crippen LogP contribution in [-0.2, 0) is 4.74 Å². The fourth-order valence-electron chi connectivity index (χ4n) is 2.65. The van der Waals surface area contributed by atoms with E-state index >= 15 is 0 Å². The molecule has 4 aromatic heterocycles.